The van der Waals surface area contributed by atoms with Crippen molar-refractivity contribution in [1.29, 1.82) is 0 Å². The van der Waals surface area contributed by atoms with E-state index in [1.807, 2.05) is 19.9 Å². The number of methoxy groups -OCH3 is 2. The summed E-state index contributed by atoms with van der Waals surface area (Å²) < 4.78 is 17.3. The number of carbonyl (C=O) groups excluding carboxylic acids is 1. The van der Waals surface area contributed by atoms with Gasteiger partial charge in [-0.25, -0.2) is 14.8 Å². The molecule has 1 N–H and O–H groups in total. The van der Waals surface area contributed by atoms with Crippen molar-refractivity contribution in [3.05, 3.63) is 33.9 Å². The molecule has 2 aromatic heterocycles. The average molecular weight is 431 g/mol. The van der Waals surface area contributed by atoms with E-state index in [0.29, 0.717) is 48.5 Å². The number of anilines is 1. The van der Waals surface area contributed by atoms with Gasteiger partial charge in [0, 0.05) is 31.8 Å². The van der Waals surface area contributed by atoms with Crippen LogP contribution in [0.5, 0.6) is 5.88 Å². The van der Waals surface area contributed by atoms with Gasteiger partial charge >= 0.3 is 6.09 Å². The van der Waals surface area contributed by atoms with E-state index >= 15 is 0 Å². The molecule has 0 spiro atoms. The van der Waals surface area contributed by atoms with E-state index < -0.39 is 6.09 Å². The maximum atomic E-state index is 13.2. The summed E-state index contributed by atoms with van der Waals surface area (Å²) in [5.74, 6) is 1.02. The van der Waals surface area contributed by atoms with Crippen molar-refractivity contribution in [3.63, 3.8) is 0 Å². The molecule has 3 heterocycles. The van der Waals surface area contributed by atoms with Crippen LogP contribution < -0.4 is 15.6 Å². The molecular formula is C21H29N5O5. The second kappa shape index (κ2) is 9.34. The highest BCUT2D eigenvalue weighted by molar-refractivity contribution is 5.68. The third-order valence-corrected chi connectivity index (χ3v) is 5.39. The molecule has 1 aliphatic rings. The number of pyridine rings is 1. The molecule has 0 aromatic carbocycles. The third kappa shape index (κ3) is 4.48. The second-order valence-corrected chi connectivity index (χ2v) is 7.37. The van der Waals surface area contributed by atoms with E-state index in [1.54, 1.807) is 32.0 Å². The van der Waals surface area contributed by atoms with Gasteiger partial charge in [-0.2, -0.15) is 0 Å². The summed E-state index contributed by atoms with van der Waals surface area (Å²) in [6.45, 7) is 6.77. The minimum atomic E-state index is -0.422. The topological polar surface area (TPSA) is 108 Å². The van der Waals surface area contributed by atoms with Gasteiger partial charge < -0.3 is 24.4 Å². The number of aryl methyl sites for hydroxylation is 2. The first-order valence-electron chi connectivity index (χ1n) is 10.1. The first-order valence-corrected chi connectivity index (χ1v) is 10.1. The zero-order valence-corrected chi connectivity index (χ0v) is 18.8. The van der Waals surface area contributed by atoms with E-state index in [2.05, 4.69) is 15.3 Å². The molecule has 0 saturated carbocycles. The molecule has 0 radical (unpaired) electrons. The summed E-state index contributed by atoms with van der Waals surface area (Å²) in [6, 6.07) is 3.32. The predicted octanol–water partition coefficient (Wildman–Crippen LogP) is 1.74. The Morgan fingerprint density at radius 3 is 2.55 bits per heavy atom. The van der Waals surface area contributed by atoms with Crippen LogP contribution in [0.25, 0.3) is 11.4 Å². The van der Waals surface area contributed by atoms with E-state index in [0.717, 1.165) is 5.56 Å². The molecule has 1 aliphatic heterocycles. The van der Waals surface area contributed by atoms with Crippen molar-refractivity contribution < 1.29 is 19.0 Å². The van der Waals surface area contributed by atoms with E-state index in [1.165, 1.54) is 11.7 Å². The van der Waals surface area contributed by atoms with Gasteiger partial charge in [-0.15, -0.1) is 0 Å². The quantitative estimate of drug-likeness (QED) is 0.737. The van der Waals surface area contributed by atoms with Crippen molar-refractivity contribution in [2.75, 3.05) is 39.2 Å². The third-order valence-electron chi connectivity index (χ3n) is 5.39. The number of likely N-dealkylation sites (tertiary alicyclic amines) is 1. The molecule has 0 aliphatic carbocycles. The first kappa shape index (κ1) is 22.5. The van der Waals surface area contributed by atoms with E-state index in [4.69, 9.17) is 14.2 Å². The van der Waals surface area contributed by atoms with Crippen LogP contribution in [-0.4, -0.2) is 71.6 Å². The fraction of sp³-hybridized carbons (Fsp3) is 0.524. The Labute approximate surface area is 181 Å². The highest BCUT2D eigenvalue weighted by Crippen LogP contribution is 2.24. The SMILES string of the molecule is CCO[C@H]1CN(C(=O)OC)CC1Nc1c(C)nc(-c2ccc(OC)nc2C)n(C)c1=O. The van der Waals surface area contributed by atoms with Gasteiger partial charge in [0.1, 0.15) is 11.5 Å². The monoisotopic (exact) mass is 431 g/mol. The van der Waals surface area contributed by atoms with Gasteiger partial charge in [-0.05, 0) is 26.8 Å². The molecule has 2 aromatic rings. The van der Waals surface area contributed by atoms with Gasteiger partial charge in [0.15, 0.2) is 0 Å². The van der Waals surface area contributed by atoms with Gasteiger partial charge in [-0.3, -0.25) is 9.36 Å². The predicted molar refractivity (Wildman–Crippen MR) is 116 cm³/mol. The van der Waals surface area contributed by atoms with Gasteiger partial charge in [0.2, 0.25) is 5.88 Å². The number of nitrogens with one attached hydrogen (secondary N) is 1. The summed E-state index contributed by atoms with van der Waals surface area (Å²) in [6.07, 6.45) is -0.685. The van der Waals surface area contributed by atoms with Crippen LogP contribution in [0.2, 0.25) is 0 Å². The number of aromatic nitrogens is 3. The fourth-order valence-corrected chi connectivity index (χ4v) is 3.76. The molecule has 10 heteroatoms. The minimum absolute atomic E-state index is 0.218. The number of amides is 1. The fourth-order valence-electron chi connectivity index (χ4n) is 3.76. The van der Waals surface area contributed by atoms with Crippen LogP contribution in [0.15, 0.2) is 16.9 Å². The molecule has 1 fully saturated rings. The Morgan fingerprint density at radius 2 is 1.94 bits per heavy atom. The minimum Gasteiger partial charge on any atom is -0.481 e. The molecule has 0 bridgehead atoms. The summed E-state index contributed by atoms with van der Waals surface area (Å²) in [5.41, 5.74) is 2.18. The smallest absolute Gasteiger partial charge is 0.409 e. The second-order valence-electron chi connectivity index (χ2n) is 7.37. The lowest BCUT2D eigenvalue weighted by molar-refractivity contribution is 0.0614. The van der Waals surface area contributed by atoms with Crippen LogP contribution in [0.1, 0.15) is 18.3 Å². The van der Waals surface area contributed by atoms with Crippen molar-refractivity contribution in [2.24, 2.45) is 7.05 Å². The zero-order valence-electron chi connectivity index (χ0n) is 18.8. The Kier molecular flexibility index (Phi) is 6.79. The Morgan fingerprint density at radius 1 is 1.19 bits per heavy atom. The number of ether oxygens (including phenoxy) is 3. The van der Waals surface area contributed by atoms with Crippen LogP contribution in [0.3, 0.4) is 0 Å². The summed E-state index contributed by atoms with van der Waals surface area (Å²) in [7, 11) is 4.58. The lowest BCUT2D eigenvalue weighted by Crippen LogP contribution is -2.38. The zero-order chi connectivity index (χ0) is 22.7. The van der Waals surface area contributed by atoms with Crippen molar-refractivity contribution in [2.45, 2.75) is 32.9 Å². The molecule has 1 amide bonds. The summed E-state index contributed by atoms with van der Waals surface area (Å²) >= 11 is 0. The summed E-state index contributed by atoms with van der Waals surface area (Å²) in [5, 5.41) is 3.27. The van der Waals surface area contributed by atoms with E-state index in [-0.39, 0.29) is 17.7 Å². The van der Waals surface area contributed by atoms with Gasteiger partial charge in [0.05, 0.1) is 44.3 Å². The molecule has 1 unspecified atom stereocenters. The Bertz CT molecular complexity index is 1020. The van der Waals surface area contributed by atoms with Crippen LogP contribution in [0.4, 0.5) is 10.5 Å². The highest BCUT2D eigenvalue weighted by atomic mass is 16.5. The van der Waals surface area contributed by atoms with Crippen LogP contribution >= 0.6 is 0 Å². The number of hydrogen-bond donors (Lipinski definition) is 1. The first-order chi connectivity index (χ1) is 14.8. The average Bonchev–Trinajstić information content (AvgIpc) is 3.16. The number of rotatable bonds is 6. The standard InChI is InChI=1S/C21H29N5O5/c1-7-31-16-11-26(21(28)30-6)10-15(16)24-18-13(3)23-19(25(4)20(18)27)14-8-9-17(29-5)22-12(14)2/h8-9,15-16,24H,7,10-11H2,1-6H3/t15?,16-/m0/s1. The van der Waals surface area contributed by atoms with E-state index in [9.17, 15) is 9.59 Å². The molecular weight excluding hydrogens is 402 g/mol. The lowest BCUT2D eigenvalue weighted by Gasteiger charge is -2.22. The highest BCUT2D eigenvalue weighted by Gasteiger charge is 2.37. The van der Waals surface area contributed by atoms with Gasteiger partial charge in [-0.1, -0.05) is 0 Å². The maximum Gasteiger partial charge on any atom is 0.409 e. The molecule has 168 valence electrons. The molecule has 1 saturated heterocycles. The number of carbonyl (C=O) groups is 1. The van der Waals surface area contributed by atoms with Crippen molar-refractivity contribution >= 4 is 11.8 Å². The van der Waals surface area contributed by atoms with Gasteiger partial charge in [0.25, 0.3) is 5.56 Å². The maximum absolute atomic E-state index is 13.2. The Balaban J connectivity index is 1.94. The Hall–Kier alpha value is -3.14. The van der Waals surface area contributed by atoms with Crippen LogP contribution in [0, 0.1) is 13.8 Å². The number of nitrogens with zero attached hydrogens (tertiary/aromatic N) is 4. The van der Waals surface area contributed by atoms with Crippen LogP contribution in [-0.2, 0) is 16.5 Å². The summed E-state index contributed by atoms with van der Waals surface area (Å²) in [4.78, 5) is 35.8. The molecule has 31 heavy (non-hydrogen) atoms. The normalized spacial score (nSPS) is 18.2. The molecule has 2 atom stereocenters. The van der Waals surface area contributed by atoms with Crippen molar-refractivity contribution in [3.8, 4) is 17.3 Å². The molecule has 3 rings (SSSR count). The largest absolute Gasteiger partial charge is 0.481 e. The molecule has 10 nitrogen and oxygen atoms in total. The number of hydrogen-bond acceptors (Lipinski definition) is 8. The lowest BCUT2D eigenvalue weighted by atomic mass is 10.1. The van der Waals surface area contributed by atoms with Crippen molar-refractivity contribution in [1.82, 2.24) is 19.4 Å².